The van der Waals surface area contributed by atoms with Gasteiger partial charge in [-0.3, -0.25) is 0 Å². The molecule has 3 rings (SSSR count). The van der Waals surface area contributed by atoms with Gasteiger partial charge >= 0.3 is 0 Å². The van der Waals surface area contributed by atoms with Gasteiger partial charge in [0.1, 0.15) is 0 Å². The van der Waals surface area contributed by atoms with Crippen LogP contribution in [0.1, 0.15) is 85.0 Å². The Morgan fingerprint density at radius 2 is 1.97 bits per heavy atom. The van der Waals surface area contributed by atoms with Crippen LogP contribution in [0.4, 0.5) is 0 Å². The van der Waals surface area contributed by atoms with Crippen molar-refractivity contribution in [1.29, 1.82) is 0 Å². The molecule has 0 aliphatic heterocycles. The molecule has 3 saturated carbocycles. The highest BCUT2D eigenvalue weighted by molar-refractivity contribution is 5.36. The summed E-state index contributed by atoms with van der Waals surface area (Å²) >= 11 is 0. The molecule has 4 N–H and O–H groups in total. The largest absolute Gasteiger partial charge is 0.393 e. The first-order chi connectivity index (χ1) is 14.6. The number of hydrogen-bond acceptors (Lipinski definition) is 4. The summed E-state index contributed by atoms with van der Waals surface area (Å²) in [5, 5.41) is 40.0. The first-order valence-electron chi connectivity index (χ1n) is 12.3. The Balaban J connectivity index is 1.70. The molecule has 0 aromatic rings. The Morgan fingerprint density at radius 1 is 1.23 bits per heavy atom. The standard InChI is InChI=1S/C27H44O4/c1-18-7-10-22(29)15-21(18)9-8-20-6-5-13-27(4)24(11-12-25(20)27)19(2)14-23(30)16-26(3,31)17-28/h8-9,19,22-25,28-31H,1,5-7,10-17H2,2-4H3/b20-8+,21-9+/t19-,22+,23+,24-,25+,26-,27-/m1/s1. The van der Waals surface area contributed by atoms with Crippen LogP contribution in [0.2, 0.25) is 0 Å². The van der Waals surface area contributed by atoms with E-state index in [1.807, 2.05) is 0 Å². The zero-order valence-corrected chi connectivity index (χ0v) is 19.8. The average molecular weight is 433 g/mol. The Bertz CT molecular complexity index is 706. The van der Waals surface area contributed by atoms with Crippen molar-refractivity contribution >= 4 is 0 Å². The third-order valence-electron chi connectivity index (χ3n) is 8.57. The summed E-state index contributed by atoms with van der Waals surface area (Å²) in [5.74, 6) is 1.53. The summed E-state index contributed by atoms with van der Waals surface area (Å²) in [5.41, 5.74) is 2.97. The van der Waals surface area contributed by atoms with Gasteiger partial charge in [0.2, 0.25) is 0 Å². The van der Waals surface area contributed by atoms with Gasteiger partial charge in [-0.1, -0.05) is 43.7 Å². The number of fused-ring (bicyclic) bond motifs is 1. The minimum Gasteiger partial charge on any atom is -0.393 e. The molecule has 3 fully saturated rings. The van der Waals surface area contributed by atoms with E-state index in [-0.39, 0.29) is 24.5 Å². The van der Waals surface area contributed by atoms with Gasteiger partial charge < -0.3 is 20.4 Å². The second-order valence-electron chi connectivity index (χ2n) is 11.3. The van der Waals surface area contributed by atoms with Gasteiger partial charge in [0.05, 0.1) is 24.4 Å². The highest BCUT2D eigenvalue weighted by Gasteiger charge is 2.50. The smallest absolute Gasteiger partial charge is 0.0874 e. The number of allylic oxidation sites excluding steroid dienone is 4. The Morgan fingerprint density at radius 3 is 2.68 bits per heavy atom. The first-order valence-corrected chi connectivity index (χ1v) is 12.3. The predicted molar refractivity (Wildman–Crippen MR) is 125 cm³/mol. The van der Waals surface area contributed by atoms with Gasteiger partial charge in [-0.05, 0) is 93.5 Å². The van der Waals surface area contributed by atoms with Gasteiger partial charge in [-0.25, -0.2) is 0 Å². The average Bonchev–Trinajstić information content (AvgIpc) is 3.05. The lowest BCUT2D eigenvalue weighted by molar-refractivity contribution is -0.0439. The van der Waals surface area contributed by atoms with Crippen molar-refractivity contribution in [3.8, 4) is 0 Å². The van der Waals surface area contributed by atoms with Gasteiger partial charge in [0.25, 0.3) is 0 Å². The van der Waals surface area contributed by atoms with Crippen LogP contribution in [0, 0.1) is 23.2 Å². The van der Waals surface area contributed by atoms with Crippen molar-refractivity contribution < 1.29 is 20.4 Å². The van der Waals surface area contributed by atoms with Crippen molar-refractivity contribution in [2.24, 2.45) is 23.2 Å². The summed E-state index contributed by atoms with van der Waals surface area (Å²) in [6.45, 7) is 10.2. The van der Waals surface area contributed by atoms with Crippen molar-refractivity contribution in [2.75, 3.05) is 6.61 Å². The van der Waals surface area contributed by atoms with Gasteiger partial charge in [0, 0.05) is 6.42 Å². The molecular formula is C27H44O4. The second-order valence-corrected chi connectivity index (χ2v) is 11.3. The third-order valence-corrected chi connectivity index (χ3v) is 8.57. The van der Waals surface area contributed by atoms with Crippen LogP contribution in [0.3, 0.4) is 0 Å². The van der Waals surface area contributed by atoms with E-state index in [4.69, 9.17) is 0 Å². The van der Waals surface area contributed by atoms with Gasteiger partial charge in [-0.15, -0.1) is 0 Å². The second kappa shape index (κ2) is 9.91. The van der Waals surface area contributed by atoms with E-state index in [0.29, 0.717) is 24.2 Å². The fourth-order valence-corrected chi connectivity index (χ4v) is 6.86. The van der Waals surface area contributed by atoms with Crippen molar-refractivity contribution in [2.45, 2.75) is 103 Å². The maximum Gasteiger partial charge on any atom is 0.0874 e. The van der Waals surface area contributed by atoms with Crippen LogP contribution in [-0.4, -0.2) is 44.8 Å². The fraction of sp³-hybridized carbons (Fsp3) is 0.778. The van der Waals surface area contributed by atoms with Crippen LogP contribution in [0.15, 0.2) is 35.5 Å². The van der Waals surface area contributed by atoms with E-state index in [2.05, 4.69) is 32.6 Å². The molecule has 3 aliphatic carbocycles. The minimum absolute atomic E-state index is 0.217. The number of rotatable bonds is 7. The lowest BCUT2D eigenvalue weighted by Crippen LogP contribution is -2.38. The van der Waals surface area contributed by atoms with Crippen molar-refractivity contribution in [3.63, 3.8) is 0 Å². The van der Waals surface area contributed by atoms with E-state index in [1.54, 1.807) is 12.5 Å². The van der Waals surface area contributed by atoms with E-state index >= 15 is 0 Å². The molecule has 31 heavy (non-hydrogen) atoms. The van der Waals surface area contributed by atoms with Gasteiger partial charge in [0.15, 0.2) is 0 Å². The van der Waals surface area contributed by atoms with Crippen LogP contribution in [0.5, 0.6) is 0 Å². The SMILES string of the molecule is C=C1CC[C@H](O)C/C1=C\C=C1/CCC[C@]2(C)[C@@H]([C@H](C)C[C@H](O)C[C@@](C)(O)CO)CC[C@@H]12. The molecule has 0 amide bonds. The molecule has 4 heteroatoms. The number of hydrogen-bond donors (Lipinski definition) is 4. The topological polar surface area (TPSA) is 80.9 Å². The molecular weight excluding hydrogens is 388 g/mol. The molecule has 0 spiro atoms. The molecule has 4 nitrogen and oxygen atoms in total. The van der Waals surface area contributed by atoms with Crippen LogP contribution in [-0.2, 0) is 0 Å². The normalized spacial score (nSPS) is 38.2. The zero-order chi connectivity index (χ0) is 22.8. The lowest BCUT2D eigenvalue weighted by atomic mass is 9.60. The fourth-order valence-electron chi connectivity index (χ4n) is 6.86. The van der Waals surface area contributed by atoms with Crippen molar-refractivity contribution in [1.82, 2.24) is 0 Å². The Labute approximate surface area is 188 Å². The third kappa shape index (κ3) is 5.71. The number of aliphatic hydroxyl groups excluding tert-OH is 3. The van der Waals surface area contributed by atoms with E-state index < -0.39 is 11.7 Å². The zero-order valence-electron chi connectivity index (χ0n) is 19.8. The molecule has 3 aliphatic rings. The first kappa shape index (κ1) is 24.7. The molecule has 0 aromatic heterocycles. The van der Waals surface area contributed by atoms with Crippen LogP contribution < -0.4 is 0 Å². The van der Waals surface area contributed by atoms with Gasteiger partial charge in [-0.2, -0.15) is 0 Å². The maximum atomic E-state index is 10.5. The molecule has 0 heterocycles. The van der Waals surface area contributed by atoms with E-state index in [9.17, 15) is 20.4 Å². The summed E-state index contributed by atoms with van der Waals surface area (Å²) in [7, 11) is 0. The molecule has 0 bridgehead atoms. The maximum absolute atomic E-state index is 10.5. The summed E-state index contributed by atoms with van der Waals surface area (Å²) in [6, 6.07) is 0. The van der Waals surface area contributed by atoms with Crippen molar-refractivity contribution in [3.05, 3.63) is 35.5 Å². The molecule has 0 radical (unpaired) electrons. The lowest BCUT2D eigenvalue weighted by Gasteiger charge is -2.44. The molecule has 7 atom stereocenters. The summed E-state index contributed by atoms with van der Waals surface area (Å²) in [4.78, 5) is 0. The molecule has 0 unspecified atom stereocenters. The van der Waals surface area contributed by atoms with Crippen LogP contribution in [0.25, 0.3) is 0 Å². The van der Waals surface area contributed by atoms with E-state index in [0.717, 1.165) is 25.7 Å². The summed E-state index contributed by atoms with van der Waals surface area (Å²) in [6.07, 6.45) is 13.0. The number of aliphatic hydroxyl groups is 4. The highest BCUT2D eigenvalue weighted by atomic mass is 16.3. The Hall–Kier alpha value is -0.940. The Kier molecular flexibility index (Phi) is 7.89. The molecule has 0 saturated heterocycles. The molecule has 0 aromatic carbocycles. The minimum atomic E-state index is -1.22. The monoisotopic (exact) mass is 432 g/mol. The van der Waals surface area contributed by atoms with Crippen LogP contribution >= 0.6 is 0 Å². The quantitative estimate of drug-likeness (QED) is 0.471. The molecule has 176 valence electrons. The predicted octanol–water partition coefficient (Wildman–Crippen LogP) is 4.68. The van der Waals surface area contributed by atoms with E-state index in [1.165, 1.54) is 36.8 Å². The summed E-state index contributed by atoms with van der Waals surface area (Å²) < 4.78 is 0. The highest BCUT2D eigenvalue weighted by Crippen LogP contribution is 2.60.